The first kappa shape index (κ1) is 29.0. The molecule has 0 aromatic carbocycles. The molecule has 10 nitrogen and oxygen atoms in total. The summed E-state index contributed by atoms with van der Waals surface area (Å²) in [6.45, 7) is 9.99. The first-order chi connectivity index (χ1) is 18.3. The summed E-state index contributed by atoms with van der Waals surface area (Å²) in [5.74, 6) is -2.40. The van der Waals surface area contributed by atoms with Crippen molar-refractivity contribution in [2.24, 2.45) is 22.2 Å². The average Bonchev–Trinajstić information content (AvgIpc) is 3.30. The Bertz CT molecular complexity index is 1100. The smallest absolute Gasteiger partial charge is 0.327 e. The van der Waals surface area contributed by atoms with E-state index >= 15 is 0 Å². The Labute approximate surface area is 230 Å². The molecule has 3 N–H and O–H groups in total. The molecule has 39 heavy (non-hydrogen) atoms. The van der Waals surface area contributed by atoms with Gasteiger partial charge in [-0.1, -0.05) is 60.3 Å². The van der Waals surface area contributed by atoms with Crippen LogP contribution in [0.2, 0.25) is 0 Å². The molecule has 0 radical (unpaired) electrons. The van der Waals surface area contributed by atoms with Crippen molar-refractivity contribution in [3.8, 4) is 0 Å². The molecule has 5 atom stereocenters. The minimum atomic E-state index is -1.01. The molecule has 4 rings (SSSR count). The predicted octanol–water partition coefficient (Wildman–Crippen LogP) is 3.18. The van der Waals surface area contributed by atoms with Gasteiger partial charge in [-0.05, 0) is 42.4 Å². The van der Waals surface area contributed by atoms with Gasteiger partial charge >= 0.3 is 5.97 Å². The van der Waals surface area contributed by atoms with E-state index in [0.29, 0.717) is 6.54 Å². The van der Waals surface area contributed by atoms with Crippen LogP contribution in [0.1, 0.15) is 96.5 Å². The number of likely N-dealkylation sites (tertiary alicyclic amines) is 1. The first-order valence-corrected chi connectivity index (χ1v) is 14.2. The molecule has 2 saturated carbocycles. The lowest BCUT2D eigenvalue weighted by atomic mass is 9.67. The van der Waals surface area contributed by atoms with Crippen LogP contribution < -0.4 is 10.6 Å². The highest BCUT2D eigenvalue weighted by molar-refractivity contribution is 5.98. The molecule has 1 aliphatic heterocycles. The van der Waals surface area contributed by atoms with Crippen LogP contribution >= 0.6 is 0 Å². The van der Waals surface area contributed by atoms with Gasteiger partial charge in [-0.2, -0.15) is 0 Å². The molecule has 2 heterocycles. The molecule has 0 spiro atoms. The summed E-state index contributed by atoms with van der Waals surface area (Å²) < 4.78 is 0. The lowest BCUT2D eigenvalue weighted by Gasteiger charge is -2.38. The van der Waals surface area contributed by atoms with Gasteiger partial charge in [-0.25, -0.2) is 9.78 Å². The molecular weight excluding hydrogens is 498 g/mol. The minimum Gasteiger partial charge on any atom is -0.480 e. The lowest BCUT2D eigenvalue weighted by Crippen LogP contribution is -2.61. The highest BCUT2D eigenvalue weighted by Crippen LogP contribution is 2.60. The SMILES string of the molecule is CC(C)(C)[C@H](NC(=O)[C@H](NC(=O)c1cnccn1)C1CCCCC1)C(=O)N1C[C@]2(C)CCC[C@]2(C)[C@H]1C(=O)O. The summed E-state index contributed by atoms with van der Waals surface area (Å²) in [7, 11) is 0. The van der Waals surface area contributed by atoms with Crippen molar-refractivity contribution in [1.82, 2.24) is 25.5 Å². The number of hydrogen-bond acceptors (Lipinski definition) is 6. The number of nitrogens with zero attached hydrogens (tertiary/aromatic N) is 3. The van der Waals surface area contributed by atoms with Gasteiger partial charge in [0.15, 0.2) is 0 Å². The van der Waals surface area contributed by atoms with Gasteiger partial charge in [0, 0.05) is 24.4 Å². The summed E-state index contributed by atoms with van der Waals surface area (Å²) in [5, 5.41) is 16.1. The second kappa shape index (κ2) is 10.8. The van der Waals surface area contributed by atoms with Crippen LogP contribution in [-0.2, 0) is 14.4 Å². The molecule has 1 saturated heterocycles. The van der Waals surface area contributed by atoms with Crippen molar-refractivity contribution in [1.29, 1.82) is 0 Å². The second-order valence-electron chi connectivity index (χ2n) is 13.3. The number of fused-ring (bicyclic) bond motifs is 1. The Morgan fingerprint density at radius 2 is 1.72 bits per heavy atom. The van der Waals surface area contributed by atoms with Crippen LogP contribution in [0, 0.1) is 22.2 Å². The molecule has 0 bridgehead atoms. The number of carbonyl (C=O) groups excluding carboxylic acids is 3. The third-order valence-corrected chi connectivity index (χ3v) is 9.64. The third-order valence-electron chi connectivity index (χ3n) is 9.64. The maximum Gasteiger partial charge on any atom is 0.327 e. The molecule has 2 aliphatic carbocycles. The Morgan fingerprint density at radius 1 is 1.03 bits per heavy atom. The van der Waals surface area contributed by atoms with Crippen LogP contribution in [0.3, 0.4) is 0 Å². The number of carbonyl (C=O) groups is 4. The number of hydrogen-bond donors (Lipinski definition) is 3. The Morgan fingerprint density at radius 3 is 2.31 bits per heavy atom. The van der Waals surface area contributed by atoms with Crippen LogP contribution in [0.15, 0.2) is 18.6 Å². The fourth-order valence-electron chi connectivity index (χ4n) is 7.12. The monoisotopic (exact) mass is 541 g/mol. The van der Waals surface area contributed by atoms with Crippen LogP contribution in [-0.4, -0.2) is 68.3 Å². The van der Waals surface area contributed by atoms with Gasteiger partial charge < -0.3 is 20.6 Å². The summed E-state index contributed by atoms with van der Waals surface area (Å²) in [6.07, 6.45) is 11.4. The van der Waals surface area contributed by atoms with Gasteiger partial charge in [0.1, 0.15) is 23.8 Å². The van der Waals surface area contributed by atoms with Gasteiger partial charge in [0.2, 0.25) is 11.8 Å². The van der Waals surface area contributed by atoms with E-state index in [-0.39, 0.29) is 22.9 Å². The predicted molar refractivity (Wildman–Crippen MR) is 144 cm³/mol. The van der Waals surface area contributed by atoms with Gasteiger partial charge in [0.05, 0.1) is 6.20 Å². The van der Waals surface area contributed by atoms with Gasteiger partial charge in [-0.15, -0.1) is 0 Å². The Hall–Kier alpha value is -3.04. The summed E-state index contributed by atoms with van der Waals surface area (Å²) in [5.41, 5.74) is -1.41. The highest BCUT2D eigenvalue weighted by atomic mass is 16.4. The lowest BCUT2D eigenvalue weighted by molar-refractivity contribution is -0.154. The largest absolute Gasteiger partial charge is 0.480 e. The maximum atomic E-state index is 14.1. The molecular formula is C29H43N5O5. The molecule has 3 amide bonds. The zero-order valence-corrected chi connectivity index (χ0v) is 23.8. The van der Waals surface area contributed by atoms with Crippen molar-refractivity contribution in [3.05, 3.63) is 24.3 Å². The van der Waals surface area contributed by atoms with E-state index in [1.54, 1.807) is 0 Å². The van der Waals surface area contributed by atoms with Crippen molar-refractivity contribution in [2.45, 2.75) is 104 Å². The quantitative estimate of drug-likeness (QED) is 0.481. The fraction of sp³-hybridized carbons (Fsp3) is 0.724. The van der Waals surface area contributed by atoms with Crippen LogP contribution in [0.25, 0.3) is 0 Å². The standard InChI is InChI=1S/C29H43N5O5/c1-27(2,3)21(25(37)34-17-28(4)12-9-13-29(28,5)22(34)26(38)39)33-24(36)20(18-10-7-6-8-11-18)32-23(35)19-16-30-14-15-31-19/h14-16,18,20-22H,6-13,17H2,1-5H3,(H,32,35)(H,33,36)(H,38,39)/t20-,21-,22-,28+,29-/m1/s1. The zero-order valence-electron chi connectivity index (χ0n) is 23.8. The van der Waals surface area contributed by atoms with Crippen molar-refractivity contribution in [3.63, 3.8) is 0 Å². The summed E-state index contributed by atoms with van der Waals surface area (Å²) >= 11 is 0. The minimum absolute atomic E-state index is 0.0779. The number of carboxylic acid groups (broad SMARTS) is 1. The van der Waals surface area contributed by atoms with E-state index in [1.807, 2.05) is 27.7 Å². The number of amides is 3. The summed E-state index contributed by atoms with van der Waals surface area (Å²) in [6, 6.07) is -2.76. The number of aliphatic carboxylic acids is 1. The number of aromatic nitrogens is 2. The Balaban J connectivity index is 1.60. The van der Waals surface area contributed by atoms with E-state index < -0.39 is 46.7 Å². The van der Waals surface area contributed by atoms with Crippen molar-refractivity contribution >= 4 is 23.7 Å². The van der Waals surface area contributed by atoms with Crippen LogP contribution in [0.4, 0.5) is 0 Å². The first-order valence-electron chi connectivity index (χ1n) is 14.2. The van der Waals surface area contributed by atoms with E-state index in [2.05, 4.69) is 27.5 Å². The average molecular weight is 542 g/mol. The zero-order chi connectivity index (χ0) is 28.6. The van der Waals surface area contributed by atoms with E-state index in [9.17, 15) is 24.3 Å². The van der Waals surface area contributed by atoms with Gasteiger partial charge in [-0.3, -0.25) is 19.4 Å². The third kappa shape index (κ3) is 5.52. The van der Waals surface area contributed by atoms with Gasteiger partial charge in [0.25, 0.3) is 5.91 Å². The molecule has 3 aliphatic rings. The number of carboxylic acids is 1. The van der Waals surface area contributed by atoms with Crippen LogP contribution in [0.5, 0.6) is 0 Å². The number of nitrogens with one attached hydrogen (secondary N) is 2. The summed E-state index contributed by atoms with van der Waals surface area (Å²) in [4.78, 5) is 63.0. The van der Waals surface area contributed by atoms with Crippen molar-refractivity contribution < 1.29 is 24.3 Å². The molecule has 0 unspecified atom stereocenters. The molecule has 214 valence electrons. The normalized spacial score (nSPS) is 28.8. The molecule has 3 fully saturated rings. The molecule has 10 heteroatoms. The topological polar surface area (TPSA) is 142 Å². The molecule has 1 aromatic rings. The van der Waals surface area contributed by atoms with E-state index in [0.717, 1.165) is 51.4 Å². The fourth-order valence-corrected chi connectivity index (χ4v) is 7.12. The second-order valence-corrected chi connectivity index (χ2v) is 13.3. The molecule has 1 aromatic heterocycles. The van der Waals surface area contributed by atoms with E-state index in [4.69, 9.17) is 0 Å². The van der Waals surface area contributed by atoms with Crippen molar-refractivity contribution in [2.75, 3.05) is 6.54 Å². The highest BCUT2D eigenvalue weighted by Gasteiger charge is 2.64. The van der Waals surface area contributed by atoms with E-state index in [1.165, 1.54) is 23.5 Å². The Kier molecular flexibility index (Phi) is 8.06. The maximum absolute atomic E-state index is 14.1. The number of rotatable bonds is 7.